The Morgan fingerprint density at radius 1 is 0.636 bits per heavy atom. The molecule has 2 nitrogen and oxygen atoms in total. The van der Waals surface area contributed by atoms with E-state index in [-0.39, 0.29) is 15.8 Å². The van der Waals surface area contributed by atoms with Crippen LogP contribution in [0.15, 0.2) is 48.8 Å². The van der Waals surface area contributed by atoms with Crippen LogP contribution >= 0.6 is 15.8 Å². The second kappa shape index (κ2) is 2.27. The second-order valence-corrected chi connectivity index (χ2v) is 47.5. The zero-order valence-corrected chi connectivity index (χ0v) is 23.3. The van der Waals surface area contributed by atoms with Crippen LogP contribution in [0.4, 0.5) is 0 Å². The molecule has 174 valence electrons. The van der Waals surface area contributed by atoms with E-state index in [1.165, 1.54) is 49.4 Å². The van der Waals surface area contributed by atoms with Crippen LogP contribution in [0, 0.1) is 0 Å². The van der Waals surface area contributed by atoms with Crippen LogP contribution in [-0.2, 0) is 6.51 Å². The molecule has 33 heavy (non-hydrogen) atoms. The van der Waals surface area contributed by atoms with Gasteiger partial charge in [-0.3, -0.25) is 0 Å². The summed E-state index contributed by atoms with van der Waals surface area (Å²) in [6.45, 7) is 11.8. The van der Waals surface area contributed by atoms with Gasteiger partial charge in [-0.15, -0.1) is 0 Å². The molecular formula is C28H34FeN2P2. The Bertz CT molecular complexity index is 1620. The molecule has 2 aromatic rings. The summed E-state index contributed by atoms with van der Waals surface area (Å²) in [5.74, 6) is 0. The van der Waals surface area contributed by atoms with E-state index < -0.39 is 6.51 Å². The molecule has 10 atom stereocenters. The molecule has 10 unspecified atom stereocenters. The number of hydrogen-bond donors (Lipinski definition) is 0. The molecule has 0 amide bonds. The van der Waals surface area contributed by atoms with Crippen molar-refractivity contribution in [3.8, 4) is 0 Å². The van der Waals surface area contributed by atoms with Gasteiger partial charge in [0.05, 0.1) is 0 Å². The van der Waals surface area contributed by atoms with Crippen LogP contribution in [0.25, 0.3) is 0 Å². The fraction of sp³-hybridized carbons (Fsp3) is 0.643. The van der Waals surface area contributed by atoms with E-state index in [9.17, 15) is 0 Å². The maximum absolute atomic E-state index is 5.15. The van der Waals surface area contributed by atoms with Gasteiger partial charge in [0.25, 0.3) is 0 Å². The Labute approximate surface area is 189 Å². The molecule has 10 aliphatic rings. The minimum atomic E-state index is -3.72. The van der Waals surface area contributed by atoms with Gasteiger partial charge < -0.3 is 0 Å². The molecule has 2 aromatic heterocycles. The van der Waals surface area contributed by atoms with E-state index in [2.05, 4.69) is 90.3 Å². The third-order valence-electron chi connectivity index (χ3n) is 18.4. The van der Waals surface area contributed by atoms with Crippen LogP contribution in [-0.4, -0.2) is 28.4 Å². The van der Waals surface area contributed by atoms with Crippen molar-refractivity contribution in [3.63, 3.8) is 0 Å². The van der Waals surface area contributed by atoms with Gasteiger partial charge in [0.2, 0.25) is 0 Å². The van der Waals surface area contributed by atoms with Crippen LogP contribution in [0.3, 0.4) is 0 Å². The number of aromatic nitrogens is 2. The van der Waals surface area contributed by atoms with Crippen LogP contribution in [0.2, 0.25) is 38.5 Å². The van der Waals surface area contributed by atoms with E-state index in [1.807, 2.05) is 0 Å². The quantitative estimate of drug-likeness (QED) is 0.318. The summed E-state index contributed by atoms with van der Waals surface area (Å²) in [7, 11) is -0.394. The van der Waals surface area contributed by atoms with Crippen molar-refractivity contribution in [3.05, 3.63) is 48.8 Å². The third-order valence-corrected chi connectivity index (χ3v) is 76.0. The summed E-state index contributed by atoms with van der Waals surface area (Å²) in [4.78, 5) is 20.6. The molecule has 5 heteroatoms. The normalized spacial score (nSPS) is 72.3. The molecule has 0 radical (unpaired) electrons. The van der Waals surface area contributed by atoms with Gasteiger partial charge in [0, 0.05) is 0 Å². The monoisotopic (exact) mass is 516 g/mol. The van der Waals surface area contributed by atoms with Gasteiger partial charge >= 0.3 is 190 Å². The van der Waals surface area contributed by atoms with E-state index >= 15 is 0 Å². The zero-order chi connectivity index (χ0) is 22.3. The van der Waals surface area contributed by atoms with Gasteiger partial charge in [-0.2, -0.15) is 0 Å². The predicted octanol–water partition coefficient (Wildman–Crippen LogP) is 7.19. The standard InChI is InChI=1S/2C14H17NP.Fe/c2*1-14(2,3)16(12-8-4-5-9-12)13-10-6-7-11-15-13;/h2*4-11H,1-3H3;. The van der Waals surface area contributed by atoms with Crippen LogP contribution in [0.5, 0.6) is 0 Å². The van der Waals surface area contributed by atoms with Crippen LogP contribution in [0.1, 0.15) is 41.5 Å². The van der Waals surface area contributed by atoms with E-state index in [0.29, 0.717) is 10.3 Å². The van der Waals surface area contributed by atoms with Crippen molar-refractivity contribution in [2.24, 2.45) is 0 Å². The summed E-state index contributed by atoms with van der Waals surface area (Å²) < 4.78 is 1.66. The molecule has 0 aromatic carbocycles. The first-order valence-electron chi connectivity index (χ1n) is 13.0. The second-order valence-electron chi connectivity index (χ2n) is 17.1. The van der Waals surface area contributed by atoms with E-state index in [4.69, 9.17) is 9.97 Å². The summed E-state index contributed by atoms with van der Waals surface area (Å²) in [5, 5.41) is 0.746. The Hall–Kier alpha value is -0.321. The van der Waals surface area contributed by atoms with Crippen molar-refractivity contribution >= 4 is 26.7 Å². The SMILES string of the molecule is CC(C)(C)P(c1ccccn1)[C]12[CH]3[CH]4[CH]5[CH]1[Fe]45321678[CH]2[CH]1[CH]6[C]7(P(c1ccccn1)C(C)(C)C)[CH]28. The predicted molar refractivity (Wildman–Crippen MR) is 137 cm³/mol. The molecule has 10 aliphatic heterocycles. The van der Waals surface area contributed by atoms with Gasteiger partial charge in [0.1, 0.15) is 0 Å². The molecule has 0 saturated carbocycles. The summed E-state index contributed by atoms with van der Waals surface area (Å²) in [6, 6.07) is 13.8. The minimum absolute atomic E-state index is 0.197. The fourth-order valence-electron chi connectivity index (χ4n) is 20.5. The Morgan fingerprint density at radius 3 is 1.24 bits per heavy atom. The average Bonchev–Trinajstić information content (AvgIpc) is 3.69. The molecular weight excluding hydrogens is 482 g/mol. The number of fused-ring (bicyclic) bond motifs is 10. The molecule has 12 heterocycles. The van der Waals surface area contributed by atoms with Gasteiger partial charge in [-0.1, -0.05) is 0 Å². The average molecular weight is 516 g/mol. The molecule has 12 rings (SSSR count). The molecule has 10 saturated heterocycles. The Kier molecular flexibility index (Phi) is 1.18. The van der Waals surface area contributed by atoms with Crippen LogP contribution < -0.4 is 10.9 Å². The number of rotatable bonds is 4. The molecule has 0 bridgehead atoms. The molecule has 10 fully saturated rings. The number of pyridine rings is 2. The molecule has 0 N–H and O–H groups in total. The Balaban J connectivity index is 1.21. The van der Waals surface area contributed by atoms with Crippen molar-refractivity contribution < 1.29 is 6.51 Å². The van der Waals surface area contributed by atoms with Gasteiger partial charge in [-0.25, -0.2) is 0 Å². The van der Waals surface area contributed by atoms with Gasteiger partial charge in [-0.05, 0) is 0 Å². The molecule has 1 spiro atoms. The zero-order valence-electron chi connectivity index (χ0n) is 20.4. The first-order valence-corrected chi connectivity index (χ1v) is 21.9. The maximum atomic E-state index is 5.15. The summed E-state index contributed by atoms with van der Waals surface area (Å²) in [6.07, 6.45) is 4.21. The Morgan fingerprint density at radius 2 is 1.00 bits per heavy atom. The van der Waals surface area contributed by atoms with Crippen molar-refractivity contribution in [1.82, 2.24) is 9.97 Å². The van der Waals surface area contributed by atoms with Gasteiger partial charge in [0.15, 0.2) is 0 Å². The van der Waals surface area contributed by atoms with E-state index in [0.717, 1.165) is 8.11 Å². The topological polar surface area (TPSA) is 25.8 Å². The number of hydrogen-bond acceptors (Lipinski definition) is 2. The van der Waals surface area contributed by atoms with E-state index in [1.54, 1.807) is 0 Å². The molecule has 0 aliphatic carbocycles. The van der Waals surface area contributed by atoms with Crippen molar-refractivity contribution in [2.45, 2.75) is 98.5 Å². The fourth-order valence-corrected chi connectivity index (χ4v) is 128. The number of nitrogens with zero attached hydrogens (tertiary/aromatic N) is 2. The first kappa shape index (κ1) is 17.2. The first-order chi connectivity index (χ1) is 15.4. The van der Waals surface area contributed by atoms with Crippen molar-refractivity contribution in [1.29, 1.82) is 0 Å². The summed E-state index contributed by atoms with van der Waals surface area (Å²) in [5.41, 5.74) is 3.06. The van der Waals surface area contributed by atoms with Crippen molar-refractivity contribution in [2.75, 3.05) is 0 Å². The summed E-state index contributed by atoms with van der Waals surface area (Å²) >= 11 is 0. The third kappa shape index (κ3) is 0.373.